The van der Waals surface area contributed by atoms with E-state index in [1.165, 1.54) is 4.70 Å². The van der Waals surface area contributed by atoms with E-state index in [1.54, 1.807) is 11.3 Å². The van der Waals surface area contributed by atoms with E-state index in [2.05, 4.69) is 49.7 Å². The molecule has 0 bridgehead atoms. The number of rotatable bonds is 4. The molecule has 1 unspecified atom stereocenters. The number of nitrogens with zero attached hydrogens (tertiary/aromatic N) is 3. The van der Waals surface area contributed by atoms with E-state index in [0.29, 0.717) is 0 Å². The average molecular weight is 351 g/mol. The van der Waals surface area contributed by atoms with Crippen LogP contribution >= 0.6 is 27.3 Å². The summed E-state index contributed by atoms with van der Waals surface area (Å²) < 4.78 is 4.12. The highest BCUT2D eigenvalue weighted by molar-refractivity contribution is 9.10. The average Bonchev–Trinajstić information content (AvgIpc) is 3.03. The van der Waals surface area contributed by atoms with Crippen LogP contribution in [0.25, 0.3) is 10.2 Å². The van der Waals surface area contributed by atoms with Gasteiger partial charge in [0.05, 0.1) is 32.6 Å². The van der Waals surface area contributed by atoms with Crippen LogP contribution in [0.15, 0.2) is 34.4 Å². The number of pyridine rings is 1. The second kappa shape index (κ2) is 5.63. The molecule has 3 aromatic rings. The Kier molecular flexibility index (Phi) is 3.87. The molecule has 1 N–H and O–H groups in total. The quantitative estimate of drug-likeness (QED) is 0.783. The summed E-state index contributed by atoms with van der Waals surface area (Å²) in [5.74, 6) is 0. The van der Waals surface area contributed by atoms with Crippen LogP contribution in [0.5, 0.6) is 0 Å². The lowest BCUT2D eigenvalue weighted by Crippen LogP contribution is -2.24. The van der Waals surface area contributed by atoms with E-state index < -0.39 is 0 Å². The summed E-state index contributed by atoms with van der Waals surface area (Å²) in [5, 5.41) is 9.90. The molecule has 104 valence electrons. The van der Waals surface area contributed by atoms with Gasteiger partial charge in [-0.15, -0.1) is 11.3 Å². The summed E-state index contributed by atoms with van der Waals surface area (Å²) >= 11 is 5.30. The highest BCUT2D eigenvalue weighted by Crippen LogP contribution is 2.30. The molecule has 20 heavy (non-hydrogen) atoms. The molecule has 3 rings (SSSR count). The maximum Gasteiger partial charge on any atom is 0.0809 e. The zero-order valence-electron chi connectivity index (χ0n) is 11.3. The SMILES string of the molecule is CCNC(c1cnc2ccsc2c1)c1c(Br)cnn1C. The number of fused-ring (bicyclic) bond motifs is 1. The van der Waals surface area contributed by atoms with Gasteiger partial charge in [0.15, 0.2) is 0 Å². The van der Waals surface area contributed by atoms with Crippen molar-refractivity contribution >= 4 is 37.5 Å². The van der Waals surface area contributed by atoms with Crippen molar-refractivity contribution in [3.05, 3.63) is 45.6 Å². The highest BCUT2D eigenvalue weighted by Gasteiger charge is 2.20. The van der Waals surface area contributed by atoms with E-state index in [-0.39, 0.29) is 6.04 Å². The van der Waals surface area contributed by atoms with Crippen molar-refractivity contribution in [3.63, 3.8) is 0 Å². The van der Waals surface area contributed by atoms with Crippen LogP contribution in [0.4, 0.5) is 0 Å². The van der Waals surface area contributed by atoms with Gasteiger partial charge in [-0.2, -0.15) is 5.10 Å². The molecule has 0 aliphatic heterocycles. The Hall–Kier alpha value is -1.24. The van der Waals surface area contributed by atoms with Gasteiger partial charge < -0.3 is 5.32 Å². The molecule has 6 heteroatoms. The highest BCUT2D eigenvalue weighted by atomic mass is 79.9. The minimum absolute atomic E-state index is 0.0841. The topological polar surface area (TPSA) is 42.7 Å². The molecule has 0 aromatic carbocycles. The molecule has 0 amide bonds. The Morgan fingerprint density at radius 3 is 3.00 bits per heavy atom. The fourth-order valence-corrected chi connectivity index (χ4v) is 3.71. The normalized spacial score (nSPS) is 12.9. The number of halogens is 1. The predicted molar refractivity (Wildman–Crippen MR) is 86.0 cm³/mol. The zero-order chi connectivity index (χ0) is 14.1. The van der Waals surface area contributed by atoms with Gasteiger partial charge in [0.25, 0.3) is 0 Å². The molecule has 0 fully saturated rings. The molecule has 0 saturated heterocycles. The minimum Gasteiger partial charge on any atom is -0.305 e. The van der Waals surface area contributed by atoms with Crippen LogP contribution in [0.2, 0.25) is 0 Å². The van der Waals surface area contributed by atoms with Crippen LogP contribution < -0.4 is 5.32 Å². The van der Waals surface area contributed by atoms with E-state index in [1.807, 2.05) is 30.2 Å². The first kappa shape index (κ1) is 13.7. The van der Waals surface area contributed by atoms with Gasteiger partial charge in [0.2, 0.25) is 0 Å². The van der Waals surface area contributed by atoms with Crippen molar-refractivity contribution in [2.45, 2.75) is 13.0 Å². The summed E-state index contributed by atoms with van der Waals surface area (Å²) in [6.07, 6.45) is 3.78. The molecule has 0 saturated carbocycles. The first-order chi connectivity index (χ1) is 9.70. The predicted octanol–water partition coefficient (Wildman–Crippen LogP) is 3.49. The second-order valence-electron chi connectivity index (χ2n) is 4.56. The summed E-state index contributed by atoms with van der Waals surface area (Å²) in [6.45, 7) is 2.99. The van der Waals surface area contributed by atoms with Crippen molar-refractivity contribution in [1.82, 2.24) is 20.1 Å². The molecule has 0 radical (unpaired) electrons. The monoisotopic (exact) mass is 350 g/mol. The molecular weight excluding hydrogens is 336 g/mol. The Morgan fingerprint density at radius 1 is 1.45 bits per heavy atom. The van der Waals surface area contributed by atoms with Gasteiger partial charge in [0, 0.05) is 13.2 Å². The number of aryl methyl sites for hydroxylation is 1. The summed E-state index contributed by atoms with van der Waals surface area (Å²) in [7, 11) is 1.96. The molecule has 1 atom stereocenters. The summed E-state index contributed by atoms with van der Waals surface area (Å²) in [4.78, 5) is 4.54. The van der Waals surface area contributed by atoms with Gasteiger partial charge in [0.1, 0.15) is 0 Å². The van der Waals surface area contributed by atoms with E-state index in [9.17, 15) is 0 Å². The van der Waals surface area contributed by atoms with Crippen LogP contribution in [0.3, 0.4) is 0 Å². The Morgan fingerprint density at radius 2 is 2.30 bits per heavy atom. The maximum atomic E-state index is 4.54. The van der Waals surface area contributed by atoms with Gasteiger partial charge in [-0.25, -0.2) is 0 Å². The molecule has 4 nitrogen and oxygen atoms in total. The summed E-state index contributed by atoms with van der Waals surface area (Å²) in [5.41, 5.74) is 3.33. The third kappa shape index (κ3) is 2.39. The lowest BCUT2D eigenvalue weighted by molar-refractivity contribution is 0.570. The van der Waals surface area contributed by atoms with Crippen LogP contribution in [-0.4, -0.2) is 21.3 Å². The third-order valence-corrected chi connectivity index (χ3v) is 4.74. The van der Waals surface area contributed by atoms with Gasteiger partial charge in [-0.05, 0) is 45.6 Å². The number of aromatic nitrogens is 3. The number of hydrogen-bond acceptors (Lipinski definition) is 4. The standard InChI is InChI=1S/C14H15BrN4S/c1-3-16-13(14-10(15)8-18-19(14)2)9-6-12-11(17-7-9)4-5-20-12/h4-8,13,16H,3H2,1-2H3. The van der Waals surface area contributed by atoms with Crippen LogP contribution in [0.1, 0.15) is 24.2 Å². The third-order valence-electron chi connectivity index (χ3n) is 3.28. The molecular formula is C14H15BrN4S. The van der Waals surface area contributed by atoms with Crippen molar-refractivity contribution in [2.75, 3.05) is 6.54 Å². The van der Waals surface area contributed by atoms with E-state index >= 15 is 0 Å². The maximum absolute atomic E-state index is 4.54. The molecule has 0 spiro atoms. The zero-order valence-corrected chi connectivity index (χ0v) is 13.7. The van der Waals surface area contributed by atoms with Gasteiger partial charge >= 0.3 is 0 Å². The number of nitrogens with one attached hydrogen (secondary N) is 1. The fourth-order valence-electron chi connectivity index (χ4n) is 2.34. The molecule has 3 heterocycles. The fraction of sp³-hybridized carbons (Fsp3) is 0.286. The first-order valence-corrected chi connectivity index (χ1v) is 8.12. The van der Waals surface area contributed by atoms with Crippen LogP contribution in [0, 0.1) is 0 Å². The van der Waals surface area contributed by atoms with E-state index in [0.717, 1.165) is 27.8 Å². The number of hydrogen-bond donors (Lipinski definition) is 1. The summed E-state index contributed by atoms with van der Waals surface area (Å²) in [6, 6.07) is 4.34. The van der Waals surface area contributed by atoms with Gasteiger partial charge in [-0.1, -0.05) is 6.92 Å². The Balaban J connectivity index is 2.10. The van der Waals surface area contributed by atoms with Crippen molar-refractivity contribution in [1.29, 1.82) is 0 Å². The van der Waals surface area contributed by atoms with Crippen molar-refractivity contribution in [3.8, 4) is 0 Å². The second-order valence-corrected chi connectivity index (χ2v) is 6.37. The molecule has 0 aliphatic carbocycles. The molecule has 3 aromatic heterocycles. The van der Waals surface area contributed by atoms with Crippen molar-refractivity contribution < 1.29 is 0 Å². The lowest BCUT2D eigenvalue weighted by atomic mass is 10.1. The largest absolute Gasteiger partial charge is 0.305 e. The van der Waals surface area contributed by atoms with E-state index in [4.69, 9.17) is 0 Å². The van der Waals surface area contributed by atoms with Crippen LogP contribution in [-0.2, 0) is 7.05 Å². The smallest absolute Gasteiger partial charge is 0.0809 e. The molecule has 0 aliphatic rings. The minimum atomic E-state index is 0.0841. The lowest BCUT2D eigenvalue weighted by Gasteiger charge is -2.19. The van der Waals surface area contributed by atoms with Gasteiger partial charge in [-0.3, -0.25) is 9.67 Å². The Bertz CT molecular complexity index is 714. The number of thiophene rings is 1. The Labute approximate surface area is 130 Å². The van der Waals surface area contributed by atoms with Crippen molar-refractivity contribution in [2.24, 2.45) is 7.05 Å². The first-order valence-electron chi connectivity index (χ1n) is 6.44.